The molecule has 4 atom stereocenters. The van der Waals surface area contributed by atoms with Gasteiger partial charge in [0.05, 0.1) is 5.92 Å². The Morgan fingerprint density at radius 3 is 2.64 bits per heavy atom. The Morgan fingerprint density at radius 2 is 1.96 bits per heavy atom. The third-order valence-corrected chi connectivity index (χ3v) is 5.32. The predicted molar refractivity (Wildman–Crippen MR) is 89.7 cm³/mol. The van der Waals surface area contributed by atoms with Crippen LogP contribution in [0.2, 0.25) is 0 Å². The third kappa shape index (κ3) is 3.67. The maximum Gasteiger partial charge on any atom is 0.248 e. The summed E-state index contributed by atoms with van der Waals surface area (Å²) >= 11 is 0. The number of rotatable bonds is 3. The molecule has 0 spiro atoms. The van der Waals surface area contributed by atoms with Gasteiger partial charge in [-0.1, -0.05) is 30.3 Å². The summed E-state index contributed by atoms with van der Waals surface area (Å²) in [5.41, 5.74) is 2.78. The zero-order chi connectivity index (χ0) is 18.0. The van der Waals surface area contributed by atoms with E-state index >= 15 is 0 Å². The fourth-order valence-corrected chi connectivity index (χ4v) is 4.05. The van der Waals surface area contributed by atoms with Crippen LogP contribution in [0.3, 0.4) is 0 Å². The molecule has 136 valence electrons. The summed E-state index contributed by atoms with van der Waals surface area (Å²) in [4.78, 5) is 28.3. The fourth-order valence-electron chi connectivity index (χ4n) is 4.05. The molecule has 0 aliphatic carbocycles. The standard InChI is InChI=1S/C18H24FN3O3/c1-21-11-14(19)9-15(17(23)20-25)16(21)18(24)22-8-7-13(10-22)12-5-3-2-4-6-12/h2-6,13-16,25H,7-11H2,1H3,(H,20,23)/t13-,14+,15-,16-/m0/s1. The molecule has 0 aromatic heterocycles. The molecule has 2 amide bonds. The summed E-state index contributed by atoms with van der Waals surface area (Å²) in [6.45, 7) is 1.33. The van der Waals surface area contributed by atoms with E-state index in [0.717, 1.165) is 6.42 Å². The largest absolute Gasteiger partial charge is 0.341 e. The van der Waals surface area contributed by atoms with Crippen molar-refractivity contribution in [3.05, 3.63) is 35.9 Å². The van der Waals surface area contributed by atoms with Crippen LogP contribution in [0, 0.1) is 5.92 Å². The summed E-state index contributed by atoms with van der Waals surface area (Å²) in [6.07, 6.45) is -0.371. The molecule has 2 N–H and O–H groups in total. The highest BCUT2D eigenvalue weighted by Crippen LogP contribution is 2.31. The fraction of sp³-hybridized carbons (Fsp3) is 0.556. The van der Waals surface area contributed by atoms with Crippen LogP contribution in [-0.2, 0) is 9.59 Å². The molecular formula is C18H24FN3O3. The van der Waals surface area contributed by atoms with Crippen LogP contribution >= 0.6 is 0 Å². The van der Waals surface area contributed by atoms with Crippen molar-refractivity contribution in [2.24, 2.45) is 5.92 Å². The van der Waals surface area contributed by atoms with Crippen LogP contribution in [0.1, 0.15) is 24.3 Å². The summed E-state index contributed by atoms with van der Waals surface area (Å²) in [5.74, 6) is -1.48. The highest BCUT2D eigenvalue weighted by molar-refractivity contribution is 5.90. The van der Waals surface area contributed by atoms with Crippen molar-refractivity contribution in [1.82, 2.24) is 15.3 Å². The molecule has 6 nitrogen and oxygen atoms in total. The summed E-state index contributed by atoms with van der Waals surface area (Å²) in [5, 5.41) is 8.95. The molecule has 3 rings (SSSR count). The van der Waals surface area contributed by atoms with Gasteiger partial charge in [0.2, 0.25) is 11.8 Å². The number of hydroxylamine groups is 1. The number of benzene rings is 1. The van der Waals surface area contributed by atoms with Gasteiger partial charge in [-0.05, 0) is 25.5 Å². The van der Waals surface area contributed by atoms with Gasteiger partial charge < -0.3 is 4.90 Å². The number of piperidine rings is 1. The smallest absolute Gasteiger partial charge is 0.248 e. The lowest BCUT2D eigenvalue weighted by Crippen LogP contribution is -2.59. The molecular weight excluding hydrogens is 325 g/mol. The van der Waals surface area contributed by atoms with E-state index in [1.165, 1.54) is 5.56 Å². The monoisotopic (exact) mass is 349 g/mol. The molecule has 7 heteroatoms. The van der Waals surface area contributed by atoms with Gasteiger partial charge in [0.25, 0.3) is 0 Å². The quantitative estimate of drug-likeness (QED) is 0.635. The Morgan fingerprint density at radius 1 is 1.24 bits per heavy atom. The van der Waals surface area contributed by atoms with Crippen molar-refractivity contribution in [2.75, 3.05) is 26.7 Å². The number of carbonyl (C=O) groups excluding carboxylic acids is 2. The van der Waals surface area contributed by atoms with Crippen molar-refractivity contribution in [3.8, 4) is 0 Å². The van der Waals surface area contributed by atoms with Crippen molar-refractivity contribution in [2.45, 2.75) is 31.0 Å². The Kier molecular flexibility index (Phi) is 5.34. The molecule has 1 aromatic carbocycles. The minimum Gasteiger partial charge on any atom is -0.341 e. The van der Waals surface area contributed by atoms with E-state index < -0.39 is 24.0 Å². The van der Waals surface area contributed by atoms with E-state index in [0.29, 0.717) is 13.1 Å². The number of likely N-dealkylation sites (N-methyl/N-ethyl adjacent to an activating group) is 1. The van der Waals surface area contributed by atoms with Crippen LogP contribution in [0.15, 0.2) is 30.3 Å². The molecule has 1 aromatic rings. The van der Waals surface area contributed by atoms with E-state index in [1.54, 1.807) is 22.3 Å². The number of nitrogens with one attached hydrogen (secondary N) is 1. The van der Waals surface area contributed by atoms with Gasteiger partial charge in [-0.2, -0.15) is 0 Å². The highest BCUT2D eigenvalue weighted by atomic mass is 19.1. The van der Waals surface area contributed by atoms with Crippen molar-refractivity contribution < 1.29 is 19.2 Å². The third-order valence-electron chi connectivity index (χ3n) is 5.32. The predicted octanol–water partition coefficient (Wildman–Crippen LogP) is 1.17. The number of likely N-dealkylation sites (tertiary alicyclic amines) is 2. The lowest BCUT2D eigenvalue weighted by atomic mass is 9.87. The highest BCUT2D eigenvalue weighted by Gasteiger charge is 2.45. The summed E-state index contributed by atoms with van der Waals surface area (Å²) in [6, 6.07) is 9.30. The van der Waals surface area contributed by atoms with E-state index in [2.05, 4.69) is 12.1 Å². The van der Waals surface area contributed by atoms with Gasteiger partial charge >= 0.3 is 0 Å². The maximum absolute atomic E-state index is 13.8. The van der Waals surface area contributed by atoms with Crippen LogP contribution in [0.4, 0.5) is 4.39 Å². The van der Waals surface area contributed by atoms with E-state index in [-0.39, 0.29) is 24.8 Å². The van der Waals surface area contributed by atoms with Gasteiger partial charge in [0.1, 0.15) is 12.2 Å². The Hall–Kier alpha value is -1.99. The average molecular weight is 349 g/mol. The zero-order valence-electron chi connectivity index (χ0n) is 14.3. The Bertz CT molecular complexity index is 627. The SMILES string of the molecule is CN1C[C@H](F)C[C@H](C(=O)NO)[C@H]1C(=O)N1CC[C@H](c2ccccc2)C1. The number of halogens is 1. The van der Waals surface area contributed by atoms with Crippen LogP contribution in [0.5, 0.6) is 0 Å². The molecule has 2 heterocycles. The first-order chi connectivity index (χ1) is 12.0. The van der Waals surface area contributed by atoms with Crippen LogP contribution < -0.4 is 5.48 Å². The molecule has 2 aliphatic heterocycles. The Labute approximate surface area is 146 Å². The second kappa shape index (κ2) is 7.49. The molecule has 2 fully saturated rings. The van der Waals surface area contributed by atoms with Crippen molar-refractivity contribution in [1.29, 1.82) is 0 Å². The lowest BCUT2D eigenvalue weighted by Gasteiger charge is -2.40. The number of amides is 2. The van der Waals surface area contributed by atoms with Gasteiger partial charge in [-0.15, -0.1) is 0 Å². The van der Waals surface area contributed by atoms with Gasteiger partial charge in [0.15, 0.2) is 0 Å². The number of nitrogens with zero attached hydrogens (tertiary/aromatic N) is 2. The zero-order valence-corrected chi connectivity index (χ0v) is 14.3. The van der Waals surface area contributed by atoms with Gasteiger partial charge in [-0.25, -0.2) is 9.87 Å². The first-order valence-corrected chi connectivity index (χ1v) is 8.63. The number of hydrogen-bond acceptors (Lipinski definition) is 4. The maximum atomic E-state index is 13.8. The second-order valence-corrected chi connectivity index (χ2v) is 6.98. The lowest BCUT2D eigenvalue weighted by molar-refractivity contribution is -0.149. The second-order valence-electron chi connectivity index (χ2n) is 6.98. The van der Waals surface area contributed by atoms with Crippen LogP contribution in [-0.4, -0.2) is 65.7 Å². The normalized spacial score (nSPS) is 30.3. The molecule has 0 saturated carbocycles. The summed E-state index contributed by atoms with van der Waals surface area (Å²) in [7, 11) is 1.65. The number of carbonyl (C=O) groups is 2. The van der Waals surface area contributed by atoms with Crippen molar-refractivity contribution >= 4 is 11.8 Å². The van der Waals surface area contributed by atoms with Gasteiger partial charge in [0, 0.05) is 25.6 Å². The molecule has 2 aliphatic rings. The number of alkyl halides is 1. The molecule has 2 saturated heterocycles. The summed E-state index contributed by atoms with van der Waals surface area (Å²) < 4.78 is 13.8. The molecule has 0 unspecified atom stereocenters. The average Bonchev–Trinajstić information content (AvgIpc) is 3.11. The van der Waals surface area contributed by atoms with Gasteiger partial charge in [-0.3, -0.25) is 19.7 Å². The van der Waals surface area contributed by atoms with E-state index in [1.807, 2.05) is 18.2 Å². The minimum atomic E-state index is -1.19. The minimum absolute atomic E-state index is 0.0525. The first-order valence-electron chi connectivity index (χ1n) is 8.63. The molecule has 25 heavy (non-hydrogen) atoms. The Balaban J connectivity index is 1.73. The van der Waals surface area contributed by atoms with Crippen LogP contribution in [0.25, 0.3) is 0 Å². The van der Waals surface area contributed by atoms with E-state index in [4.69, 9.17) is 5.21 Å². The molecule has 0 bridgehead atoms. The first kappa shape index (κ1) is 17.8. The van der Waals surface area contributed by atoms with E-state index in [9.17, 15) is 14.0 Å². The topological polar surface area (TPSA) is 72.9 Å². The number of hydrogen-bond donors (Lipinski definition) is 2. The van der Waals surface area contributed by atoms with Crippen molar-refractivity contribution in [3.63, 3.8) is 0 Å². The molecule has 0 radical (unpaired) electrons.